The molecule has 0 radical (unpaired) electrons. The van der Waals surface area contributed by atoms with Gasteiger partial charge in [-0.15, -0.1) is 0 Å². The molecule has 0 amide bonds. The van der Waals surface area contributed by atoms with Crippen LogP contribution in [0.5, 0.6) is 0 Å². The van der Waals surface area contributed by atoms with Crippen LogP contribution in [0.25, 0.3) is 0 Å². The van der Waals surface area contributed by atoms with Crippen LogP contribution in [0.4, 0.5) is 18.9 Å². The maximum atomic E-state index is 12.8. The van der Waals surface area contributed by atoms with Crippen LogP contribution in [0.15, 0.2) is 29.2 Å². The molecule has 1 aliphatic rings. The lowest BCUT2D eigenvalue weighted by Gasteiger charge is -2.37. The van der Waals surface area contributed by atoms with E-state index in [-0.39, 0.29) is 17.6 Å². The number of nitrogens with two attached hydrogens (primary N) is 1. The summed E-state index contributed by atoms with van der Waals surface area (Å²) in [6, 6.07) is 4.99. The van der Waals surface area contributed by atoms with Gasteiger partial charge in [-0.3, -0.25) is 0 Å². The van der Waals surface area contributed by atoms with Gasteiger partial charge in [-0.05, 0) is 24.5 Å². The summed E-state index contributed by atoms with van der Waals surface area (Å²) in [4.78, 5) is 0.905. The Balaban J connectivity index is 2.44. The lowest BCUT2D eigenvalue weighted by molar-refractivity contribution is -0.0435. The quantitative estimate of drug-likeness (QED) is 0.906. The minimum atomic E-state index is -5.37. The van der Waals surface area contributed by atoms with Gasteiger partial charge in [0.15, 0.2) is 0 Å². The average molecular weight is 322 g/mol. The van der Waals surface area contributed by atoms with Gasteiger partial charge in [0.25, 0.3) is 9.84 Å². The first-order chi connectivity index (χ1) is 9.64. The molecule has 1 fully saturated rings. The first kappa shape index (κ1) is 16.1. The molecule has 0 bridgehead atoms. The largest absolute Gasteiger partial charge is 0.501 e. The molecule has 1 aromatic carbocycles. The number of benzene rings is 1. The first-order valence-corrected chi connectivity index (χ1v) is 8.04. The molecule has 8 heteroatoms. The molecule has 1 aromatic rings. The second-order valence-corrected chi connectivity index (χ2v) is 7.20. The summed E-state index contributed by atoms with van der Waals surface area (Å²) < 4.78 is 61.7. The SMILES string of the molecule is CC1CCN(c2ccccc2S(=O)(=O)C(F)(F)F)CC1N. The second kappa shape index (κ2) is 5.49. The van der Waals surface area contributed by atoms with Crippen molar-refractivity contribution in [3.63, 3.8) is 0 Å². The van der Waals surface area contributed by atoms with Crippen LogP contribution < -0.4 is 10.6 Å². The van der Waals surface area contributed by atoms with E-state index in [9.17, 15) is 21.6 Å². The van der Waals surface area contributed by atoms with Gasteiger partial charge in [0, 0.05) is 19.1 Å². The number of para-hydroxylation sites is 1. The Kier molecular flexibility index (Phi) is 4.21. The van der Waals surface area contributed by atoms with E-state index < -0.39 is 20.2 Å². The standard InChI is InChI=1S/C13H17F3N2O2S/c1-9-6-7-18(8-10(9)17)11-4-2-3-5-12(11)21(19,20)13(14,15)16/h2-5,9-10H,6-8,17H2,1H3. The van der Waals surface area contributed by atoms with Crippen molar-refractivity contribution in [1.29, 1.82) is 0 Å². The van der Waals surface area contributed by atoms with Crippen LogP contribution in [0.1, 0.15) is 13.3 Å². The van der Waals surface area contributed by atoms with Crippen molar-refractivity contribution in [3.8, 4) is 0 Å². The van der Waals surface area contributed by atoms with Crippen LogP contribution in [-0.4, -0.2) is 33.1 Å². The Bertz CT molecular complexity index is 616. The molecule has 2 unspecified atom stereocenters. The zero-order valence-corrected chi connectivity index (χ0v) is 12.3. The Morgan fingerprint density at radius 2 is 1.90 bits per heavy atom. The molecule has 1 aliphatic heterocycles. The molecule has 0 aliphatic carbocycles. The molecule has 2 rings (SSSR count). The fraction of sp³-hybridized carbons (Fsp3) is 0.538. The predicted octanol–water partition coefficient (Wildman–Crippen LogP) is 2.15. The predicted molar refractivity (Wildman–Crippen MR) is 73.7 cm³/mol. The van der Waals surface area contributed by atoms with Crippen molar-refractivity contribution in [2.45, 2.75) is 29.8 Å². The highest BCUT2D eigenvalue weighted by Crippen LogP contribution is 2.36. The van der Waals surface area contributed by atoms with Crippen molar-refractivity contribution >= 4 is 15.5 Å². The van der Waals surface area contributed by atoms with E-state index in [4.69, 9.17) is 5.73 Å². The molecule has 4 nitrogen and oxygen atoms in total. The highest BCUT2D eigenvalue weighted by Gasteiger charge is 2.48. The van der Waals surface area contributed by atoms with Gasteiger partial charge in [0.05, 0.1) is 10.6 Å². The molecule has 0 saturated carbocycles. The molecule has 0 spiro atoms. The molecular formula is C13H17F3N2O2S. The van der Waals surface area contributed by atoms with Gasteiger partial charge in [-0.25, -0.2) is 8.42 Å². The van der Waals surface area contributed by atoms with Crippen LogP contribution in [0.3, 0.4) is 0 Å². The maximum Gasteiger partial charge on any atom is 0.501 e. The third-order valence-corrected chi connectivity index (χ3v) is 5.35. The average Bonchev–Trinajstić information content (AvgIpc) is 2.40. The summed E-state index contributed by atoms with van der Waals surface area (Å²) in [5.41, 5.74) is 0.693. The van der Waals surface area contributed by atoms with E-state index in [0.717, 1.165) is 6.07 Å². The molecule has 1 saturated heterocycles. The van der Waals surface area contributed by atoms with Gasteiger partial charge in [0.2, 0.25) is 0 Å². The highest BCUT2D eigenvalue weighted by molar-refractivity contribution is 7.92. The third-order valence-electron chi connectivity index (χ3n) is 3.82. The number of nitrogens with zero attached hydrogens (tertiary/aromatic N) is 1. The third kappa shape index (κ3) is 3.01. The normalized spacial score (nSPS) is 24.1. The maximum absolute atomic E-state index is 12.8. The number of anilines is 1. The van der Waals surface area contributed by atoms with E-state index >= 15 is 0 Å². The monoisotopic (exact) mass is 322 g/mol. The summed E-state index contributed by atoms with van der Waals surface area (Å²) in [6.07, 6.45) is 0.710. The van der Waals surface area contributed by atoms with Crippen molar-refractivity contribution in [3.05, 3.63) is 24.3 Å². The smallest absolute Gasteiger partial charge is 0.369 e. The van der Waals surface area contributed by atoms with Crippen LogP contribution in [0.2, 0.25) is 0 Å². The van der Waals surface area contributed by atoms with Crippen molar-refractivity contribution in [2.24, 2.45) is 11.7 Å². The van der Waals surface area contributed by atoms with Crippen LogP contribution in [-0.2, 0) is 9.84 Å². The summed E-state index contributed by atoms with van der Waals surface area (Å²) in [6.45, 7) is 2.80. The summed E-state index contributed by atoms with van der Waals surface area (Å²) in [5.74, 6) is 0.257. The van der Waals surface area contributed by atoms with E-state index in [1.165, 1.54) is 18.2 Å². The Hall–Kier alpha value is -1.28. The van der Waals surface area contributed by atoms with E-state index in [2.05, 4.69) is 0 Å². The Morgan fingerprint density at radius 1 is 1.29 bits per heavy atom. The summed E-state index contributed by atoms with van der Waals surface area (Å²) >= 11 is 0. The number of hydrogen-bond acceptors (Lipinski definition) is 4. The van der Waals surface area contributed by atoms with Crippen LogP contribution in [0, 0.1) is 5.92 Å². The first-order valence-electron chi connectivity index (χ1n) is 6.55. The number of piperidine rings is 1. The summed E-state index contributed by atoms with van der Waals surface area (Å²) in [5, 5.41) is 0. The highest BCUT2D eigenvalue weighted by atomic mass is 32.2. The van der Waals surface area contributed by atoms with Gasteiger partial charge >= 0.3 is 5.51 Å². The minimum absolute atomic E-state index is 0.0668. The fourth-order valence-electron chi connectivity index (χ4n) is 2.39. The molecular weight excluding hydrogens is 305 g/mol. The molecule has 0 aromatic heterocycles. The molecule has 2 N–H and O–H groups in total. The number of sulfone groups is 1. The lowest BCUT2D eigenvalue weighted by Crippen LogP contribution is -2.48. The number of rotatable bonds is 2. The van der Waals surface area contributed by atoms with Crippen molar-refractivity contribution in [2.75, 3.05) is 18.0 Å². The number of halogens is 3. The molecule has 2 atom stereocenters. The second-order valence-electron chi connectivity index (χ2n) is 5.29. The zero-order chi connectivity index (χ0) is 15.8. The van der Waals surface area contributed by atoms with Crippen LogP contribution >= 0.6 is 0 Å². The lowest BCUT2D eigenvalue weighted by atomic mass is 9.94. The fourth-order valence-corrected chi connectivity index (χ4v) is 3.37. The zero-order valence-electron chi connectivity index (χ0n) is 11.5. The topological polar surface area (TPSA) is 63.4 Å². The molecule has 1 heterocycles. The molecule has 21 heavy (non-hydrogen) atoms. The van der Waals surface area contributed by atoms with E-state index in [1.54, 1.807) is 4.90 Å². The number of alkyl halides is 3. The Morgan fingerprint density at radius 3 is 2.48 bits per heavy atom. The van der Waals surface area contributed by atoms with Gasteiger partial charge in [-0.2, -0.15) is 13.2 Å². The summed E-state index contributed by atoms with van der Waals surface area (Å²) in [7, 11) is -5.37. The van der Waals surface area contributed by atoms with Crippen molar-refractivity contribution in [1.82, 2.24) is 0 Å². The number of hydrogen-bond donors (Lipinski definition) is 1. The van der Waals surface area contributed by atoms with Gasteiger partial charge in [0.1, 0.15) is 0 Å². The van der Waals surface area contributed by atoms with E-state index in [0.29, 0.717) is 19.5 Å². The van der Waals surface area contributed by atoms with Crippen molar-refractivity contribution < 1.29 is 21.6 Å². The minimum Gasteiger partial charge on any atom is -0.369 e. The molecule has 118 valence electrons. The van der Waals surface area contributed by atoms with E-state index in [1.807, 2.05) is 6.92 Å². The van der Waals surface area contributed by atoms with Gasteiger partial charge < -0.3 is 10.6 Å². The van der Waals surface area contributed by atoms with Gasteiger partial charge in [-0.1, -0.05) is 19.1 Å². The Labute approximate surface area is 121 Å².